The molecule has 0 aliphatic rings. The number of allylic oxidation sites excluding steroid dienone is 2. The van der Waals surface area contributed by atoms with Crippen molar-refractivity contribution in [2.75, 3.05) is 6.61 Å². The predicted molar refractivity (Wildman–Crippen MR) is 55.4 cm³/mol. The minimum Gasteiger partial charge on any atom is -0.478 e. The van der Waals surface area contributed by atoms with Gasteiger partial charge in [-0.25, -0.2) is 4.99 Å². The van der Waals surface area contributed by atoms with Crippen LogP contribution in [0.5, 0.6) is 0 Å². The Kier molecular flexibility index (Phi) is 11.2. The summed E-state index contributed by atoms with van der Waals surface area (Å²) in [5, 5.41) is 0. The van der Waals surface area contributed by atoms with Crippen LogP contribution in [-0.4, -0.2) is 13.3 Å². The maximum absolute atomic E-state index is 5.07. The van der Waals surface area contributed by atoms with E-state index in [1.807, 2.05) is 27.7 Å². The van der Waals surface area contributed by atoms with E-state index in [-0.39, 0.29) is 0 Å². The first kappa shape index (κ1) is 13.5. The Labute approximate surface area is 75.7 Å². The third kappa shape index (κ3) is 8.95. The molecule has 0 unspecified atom stereocenters. The lowest BCUT2D eigenvalue weighted by atomic mass is 10.3. The SMILES string of the molecule is C=N/C(=C\C(=C)C)OCC.CC. The minimum atomic E-state index is 0.537. The normalized spacial score (nSPS) is 9.50. The molecule has 0 aliphatic carbocycles. The highest BCUT2D eigenvalue weighted by atomic mass is 16.5. The standard InChI is InChI=1S/C8H13NO.C2H6/c1-5-10-8(9-4)6-7(2)3;1-2/h6H,2,4-5H2,1,3H3;1-2H3/b8-6+;. The molecule has 0 saturated carbocycles. The van der Waals surface area contributed by atoms with Gasteiger partial charge < -0.3 is 4.74 Å². The van der Waals surface area contributed by atoms with Crippen molar-refractivity contribution >= 4 is 6.72 Å². The van der Waals surface area contributed by atoms with Crippen LogP contribution in [0.1, 0.15) is 27.7 Å². The van der Waals surface area contributed by atoms with Crippen molar-refractivity contribution in [3.8, 4) is 0 Å². The molecule has 12 heavy (non-hydrogen) atoms. The zero-order chi connectivity index (χ0) is 9.98. The maximum atomic E-state index is 5.07. The second-order valence-corrected chi connectivity index (χ2v) is 1.92. The highest BCUT2D eigenvalue weighted by Crippen LogP contribution is 2.01. The first-order valence-electron chi connectivity index (χ1n) is 4.17. The van der Waals surface area contributed by atoms with Crippen molar-refractivity contribution < 1.29 is 4.74 Å². The first-order valence-corrected chi connectivity index (χ1v) is 4.17. The molecule has 0 rings (SSSR count). The molecule has 0 atom stereocenters. The van der Waals surface area contributed by atoms with Crippen LogP contribution in [0.25, 0.3) is 0 Å². The zero-order valence-corrected chi connectivity index (χ0v) is 8.55. The van der Waals surface area contributed by atoms with Crippen LogP contribution in [0.2, 0.25) is 0 Å². The molecule has 0 spiro atoms. The summed E-state index contributed by atoms with van der Waals surface area (Å²) in [6.45, 7) is 15.4. The van der Waals surface area contributed by atoms with Gasteiger partial charge in [-0.05, 0) is 20.6 Å². The van der Waals surface area contributed by atoms with Gasteiger partial charge in [-0.15, -0.1) is 0 Å². The lowest BCUT2D eigenvalue weighted by molar-refractivity contribution is 0.227. The van der Waals surface area contributed by atoms with Crippen molar-refractivity contribution in [1.82, 2.24) is 0 Å². The van der Waals surface area contributed by atoms with Crippen LogP contribution in [0.15, 0.2) is 29.1 Å². The molecule has 70 valence electrons. The second kappa shape index (κ2) is 9.95. The molecule has 0 N–H and O–H groups in total. The smallest absolute Gasteiger partial charge is 0.212 e. The summed E-state index contributed by atoms with van der Waals surface area (Å²) in [6, 6.07) is 0. The highest BCUT2D eigenvalue weighted by Gasteiger charge is 1.89. The Morgan fingerprint density at radius 1 is 1.50 bits per heavy atom. The van der Waals surface area contributed by atoms with Gasteiger partial charge in [-0.1, -0.05) is 26.0 Å². The largest absolute Gasteiger partial charge is 0.478 e. The quantitative estimate of drug-likeness (QED) is 0.360. The molecule has 0 aromatic carbocycles. The molecule has 2 heteroatoms. The molecule has 2 nitrogen and oxygen atoms in total. The molecule has 0 radical (unpaired) electrons. The summed E-state index contributed by atoms with van der Waals surface area (Å²) in [4.78, 5) is 3.65. The molecule has 0 saturated heterocycles. The van der Waals surface area contributed by atoms with Gasteiger partial charge in [0.1, 0.15) is 0 Å². The van der Waals surface area contributed by atoms with E-state index in [1.165, 1.54) is 0 Å². The van der Waals surface area contributed by atoms with Crippen LogP contribution in [0.3, 0.4) is 0 Å². The molecule has 0 heterocycles. The van der Waals surface area contributed by atoms with E-state index >= 15 is 0 Å². The lowest BCUT2D eigenvalue weighted by Gasteiger charge is -2.00. The Morgan fingerprint density at radius 3 is 2.25 bits per heavy atom. The summed E-state index contributed by atoms with van der Waals surface area (Å²) < 4.78 is 5.07. The van der Waals surface area contributed by atoms with Crippen molar-refractivity contribution in [2.24, 2.45) is 4.99 Å². The number of aliphatic imine (C=N–C) groups is 1. The van der Waals surface area contributed by atoms with E-state index in [2.05, 4.69) is 18.3 Å². The Morgan fingerprint density at radius 2 is 2.00 bits per heavy atom. The monoisotopic (exact) mass is 169 g/mol. The topological polar surface area (TPSA) is 21.6 Å². The van der Waals surface area contributed by atoms with Gasteiger partial charge in [-0.3, -0.25) is 0 Å². The number of rotatable bonds is 4. The Hall–Kier alpha value is -1.05. The third-order valence-corrected chi connectivity index (χ3v) is 0.818. The van der Waals surface area contributed by atoms with Gasteiger partial charge >= 0.3 is 0 Å². The maximum Gasteiger partial charge on any atom is 0.212 e. The van der Waals surface area contributed by atoms with E-state index in [0.29, 0.717) is 12.5 Å². The minimum absolute atomic E-state index is 0.537. The van der Waals surface area contributed by atoms with Gasteiger partial charge in [0.15, 0.2) is 0 Å². The second-order valence-electron chi connectivity index (χ2n) is 1.92. The van der Waals surface area contributed by atoms with Gasteiger partial charge in [-0.2, -0.15) is 0 Å². The summed E-state index contributed by atoms with van der Waals surface area (Å²) in [5.74, 6) is 0.537. The number of hydrogen-bond acceptors (Lipinski definition) is 2. The van der Waals surface area contributed by atoms with Crippen molar-refractivity contribution in [3.63, 3.8) is 0 Å². The molecule has 0 aliphatic heterocycles. The van der Waals surface area contributed by atoms with E-state index in [1.54, 1.807) is 6.08 Å². The summed E-state index contributed by atoms with van der Waals surface area (Å²) >= 11 is 0. The fourth-order valence-corrected chi connectivity index (χ4v) is 0.492. The van der Waals surface area contributed by atoms with Gasteiger partial charge in [0, 0.05) is 6.08 Å². The average Bonchev–Trinajstić information content (AvgIpc) is 2.07. The fourth-order valence-electron chi connectivity index (χ4n) is 0.492. The molecule has 0 fully saturated rings. The molecular formula is C10H19NO. The molecular weight excluding hydrogens is 150 g/mol. The summed E-state index contributed by atoms with van der Waals surface area (Å²) in [6.07, 6.45) is 1.75. The molecule has 0 aromatic heterocycles. The van der Waals surface area contributed by atoms with Crippen LogP contribution >= 0.6 is 0 Å². The fraction of sp³-hybridized carbons (Fsp3) is 0.500. The van der Waals surface area contributed by atoms with Gasteiger partial charge in [0.25, 0.3) is 0 Å². The van der Waals surface area contributed by atoms with Crippen LogP contribution in [-0.2, 0) is 4.74 Å². The predicted octanol–water partition coefficient (Wildman–Crippen LogP) is 3.17. The van der Waals surface area contributed by atoms with Crippen molar-refractivity contribution in [1.29, 1.82) is 0 Å². The van der Waals surface area contributed by atoms with E-state index < -0.39 is 0 Å². The van der Waals surface area contributed by atoms with Crippen LogP contribution < -0.4 is 0 Å². The van der Waals surface area contributed by atoms with E-state index in [4.69, 9.17) is 4.74 Å². The van der Waals surface area contributed by atoms with Crippen LogP contribution in [0.4, 0.5) is 0 Å². The van der Waals surface area contributed by atoms with Crippen LogP contribution in [0, 0.1) is 0 Å². The Balaban J connectivity index is 0. The van der Waals surface area contributed by atoms with Gasteiger partial charge in [0.2, 0.25) is 5.88 Å². The molecule has 0 bridgehead atoms. The number of hydrogen-bond donors (Lipinski definition) is 0. The first-order chi connectivity index (χ1) is 5.70. The number of ether oxygens (including phenoxy) is 1. The van der Waals surface area contributed by atoms with E-state index in [0.717, 1.165) is 5.57 Å². The van der Waals surface area contributed by atoms with Gasteiger partial charge in [0.05, 0.1) is 6.61 Å². The van der Waals surface area contributed by atoms with E-state index in [9.17, 15) is 0 Å². The summed E-state index contributed by atoms with van der Waals surface area (Å²) in [7, 11) is 0. The molecule has 0 amide bonds. The Bertz CT molecular complexity index is 159. The highest BCUT2D eigenvalue weighted by molar-refractivity contribution is 5.29. The lowest BCUT2D eigenvalue weighted by Crippen LogP contribution is -1.87. The third-order valence-electron chi connectivity index (χ3n) is 0.818. The average molecular weight is 169 g/mol. The zero-order valence-electron chi connectivity index (χ0n) is 8.55. The number of nitrogens with zero attached hydrogens (tertiary/aromatic N) is 1. The summed E-state index contributed by atoms with van der Waals surface area (Å²) in [5.41, 5.74) is 0.913. The van der Waals surface area contributed by atoms with Crippen molar-refractivity contribution in [2.45, 2.75) is 27.7 Å². The molecule has 0 aromatic rings. The van der Waals surface area contributed by atoms with Crippen molar-refractivity contribution in [3.05, 3.63) is 24.1 Å².